The van der Waals surface area contributed by atoms with Crippen molar-refractivity contribution in [1.29, 1.82) is 0 Å². The minimum atomic E-state index is 0.00482. The Balaban J connectivity index is 1.63. The van der Waals surface area contributed by atoms with Gasteiger partial charge in [0.2, 0.25) is 0 Å². The zero-order valence-corrected chi connectivity index (χ0v) is 12.0. The Labute approximate surface area is 123 Å². The predicted molar refractivity (Wildman–Crippen MR) is 76.6 cm³/mol. The fraction of sp³-hybridized carbons (Fsp3) is 0.400. The van der Waals surface area contributed by atoms with E-state index in [9.17, 15) is 4.79 Å². The summed E-state index contributed by atoms with van der Waals surface area (Å²) in [4.78, 5) is 18.2. The van der Waals surface area contributed by atoms with E-state index in [1.807, 2.05) is 24.3 Å². The highest BCUT2D eigenvalue weighted by atomic mass is 16.5. The highest BCUT2D eigenvalue weighted by Gasteiger charge is 2.30. The summed E-state index contributed by atoms with van der Waals surface area (Å²) in [6.07, 6.45) is 9.07. The van der Waals surface area contributed by atoms with Gasteiger partial charge in [0.25, 0.3) is 5.91 Å². The smallest absolute Gasteiger partial charge is 0.261 e. The monoisotopic (exact) mass is 286 g/mol. The molecule has 1 amide bonds. The summed E-state index contributed by atoms with van der Waals surface area (Å²) in [5.41, 5.74) is 1.09. The van der Waals surface area contributed by atoms with Gasteiger partial charge in [-0.1, -0.05) is 0 Å². The lowest BCUT2D eigenvalue weighted by atomic mass is 10.1. The van der Waals surface area contributed by atoms with Crippen molar-refractivity contribution in [3.05, 3.63) is 42.5 Å². The Morgan fingerprint density at radius 3 is 3.10 bits per heavy atom. The van der Waals surface area contributed by atoms with Gasteiger partial charge in [0.15, 0.2) is 6.61 Å². The van der Waals surface area contributed by atoms with E-state index in [4.69, 9.17) is 4.74 Å². The lowest BCUT2D eigenvalue weighted by Crippen LogP contribution is -2.34. The van der Waals surface area contributed by atoms with E-state index >= 15 is 0 Å². The van der Waals surface area contributed by atoms with Gasteiger partial charge in [0.05, 0.1) is 18.4 Å². The van der Waals surface area contributed by atoms with Gasteiger partial charge in [-0.15, -0.1) is 0 Å². The number of hydrogen-bond acceptors (Lipinski definition) is 4. The van der Waals surface area contributed by atoms with E-state index in [-0.39, 0.29) is 18.6 Å². The van der Waals surface area contributed by atoms with E-state index in [2.05, 4.69) is 10.1 Å². The molecular formula is C15H18N4O2. The molecule has 0 saturated carbocycles. The Morgan fingerprint density at radius 2 is 2.38 bits per heavy atom. The molecule has 3 heterocycles. The maximum Gasteiger partial charge on any atom is 0.261 e. The Kier molecular flexibility index (Phi) is 3.85. The van der Waals surface area contributed by atoms with Crippen LogP contribution in [0.5, 0.6) is 5.75 Å². The number of nitrogens with zero attached hydrogens (tertiary/aromatic N) is 4. The third kappa shape index (κ3) is 3.04. The molecule has 0 bridgehead atoms. The van der Waals surface area contributed by atoms with Crippen LogP contribution < -0.4 is 4.74 Å². The van der Waals surface area contributed by atoms with Crippen molar-refractivity contribution in [3.8, 4) is 5.75 Å². The molecule has 1 saturated heterocycles. The summed E-state index contributed by atoms with van der Waals surface area (Å²) in [7, 11) is 1.89. The first-order valence-electron chi connectivity index (χ1n) is 7.05. The normalized spacial score (nSPS) is 18.0. The van der Waals surface area contributed by atoms with Gasteiger partial charge in [-0.05, 0) is 25.0 Å². The topological polar surface area (TPSA) is 60.2 Å². The molecule has 6 heteroatoms. The van der Waals surface area contributed by atoms with Crippen molar-refractivity contribution in [2.45, 2.75) is 18.9 Å². The van der Waals surface area contributed by atoms with Crippen LogP contribution >= 0.6 is 0 Å². The quantitative estimate of drug-likeness (QED) is 0.855. The van der Waals surface area contributed by atoms with Gasteiger partial charge in [-0.25, -0.2) is 0 Å². The molecule has 0 N–H and O–H groups in total. The van der Waals surface area contributed by atoms with Gasteiger partial charge >= 0.3 is 0 Å². The Bertz CT molecular complexity index is 611. The summed E-state index contributed by atoms with van der Waals surface area (Å²) >= 11 is 0. The molecule has 3 rings (SSSR count). The summed E-state index contributed by atoms with van der Waals surface area (Å²) < 4.78 is 7.26. The van der Waals surface area contributed by atoms with Crippen molar-refractivity contribution in [2.75, 3.05) is 13.2 Å². The summed E-state index contributed by atoms with van der Waals surface area (Å²) in [5.74, 6) is 0.619. The van der Waals surface area contributed by atoms with E-state index in [0.29, 0.717) is 5.75 Å². The van der Waals surface area contributed by atoms with Gasteiger partial charge < -0.3 is 9.64 Å². The molecular weight excluding hydrogens is 268 g/mol. The molecule has 2 aromatic heterocycles. The van der Waals surface area contributed by atoms with Crippen LogP contribution in [0.4, 0.5) is 0 Å². The first kappa shape index (κ1) is 13.6. The van der Waals surface area contributed by atoms with Crippen LogP contribution in [0.1, 0.15) is 24.4 Å². The first-order chi connectivity index (χ1) is 10.2. The van der Waals surface area contributed by atoms with E-state index in [1.54, 1.807) is 29.2 Å². The van der Waals surface area contributed by atoms with Crippen molar-refractivity contribution < 1.29 is 9.53 Å². The molecule has 0 radical (unpaired) electrons. The fourth-order valence-electron chi connectivity index (χ4n) is 2.68. The second-order valence-corrected chi connectivity index (χ2v) is 5.17. The molecule has 1 atom stereocenters. The minimum absolute atomic E-state index is 0.00482. The summed E-state index contributed by atoms with van der Waals surface area (Å²) in [6.45, 7) is 0.817. The molecule has 0 aliphatic carbocycles. The van der Waals surface area contributed by atoms with Crippen LogP contribution in [-0.4, -0.2) is 38.7 Å². The third-order valence-corrected chi connectivity index (χ3v) is 3.68. The number of carbonyl (C=O) groups excluding carboxylic acids is 1. The molecule has 1 aliphatic heterocycles. The van der Waals surface area contributed by atoms with Gasteiger partial charge in [0.1, 0.15) is 5.75 Å². The predicted octanol–water partition coefficient (Wildman–Crippen LogP) is 1.56. The number of ether oxygens (including phenoxy) is 1. The highest BCUT2D eigenvalue weighted by molar-refractivity contribution is 5.78. The van der Waals surface area contributed by atoms with E-state index in [0.717, 1.165) is 24.9 Å². The number of aryl methyl sites for hydroxylation is 1. The number of likely N-dealkylation sites (tertiary alicyclic amines) is 1. The second kappa shape index (κ2) is 5.95. The number of amides is 1. The van der Waals surface area contributed by atoms with Crippen molar-refractivity contribution >= 4 is 5.91 Å². The molecule has 1 fully saturated rings. The van der Waals surface area contributed by atoms with E-state index < -0.39 is 0 Å². The number of pyridine rings is 1. The highest BCUT2D eigenvalue weighted by Crippen LogP contribution is 2.31. The second-order valence-electron chi connectivity index (χ2n) is 5.17. The van der Waals surface area contributed by atoms with Crippen LogP contribution in [0.2, 0.25) is 0 Å². The number of aromatic nitrogens is 3. The lowest BCUT2D eigenvalue weighted by Gasteiger charge is -2.23. The summed E-state index contributed by atoms with van der Waals surface area (Å²) in [5, 5.41) is 4.19. The molecule has 0 spiro atoms. The molecule has 1 aliphatic rings. The average Bonchev–Trinajstić information content (AvgIpc) is 3.14. The van der Waals surface area contributed by atoms with Crippen LogP contribution in [0, 0.1) is 0 Å². The molecule has 2 aromatic rings. The molecule has 21 heavy (non-hydrogen) atoms. The van der Waals surface area contributed by atoms with Gasteiger partial charge in [-0.2, -0.15) is 5.10 Å². The van der Waals surface area contributed by atoms with Crippen LogP contribution in [-0.2, 0) is 11.8 Å². The fourth-order valence-corrected chi connectivity index (χ4v) is 2.68. The van der Waals surface area contributed by atoms with Crippen molar-refractivity contribution in [1.82, 2.24) is 19.7 Å². The van der Waals surface area contributed by atoms with Crippen molar-refractivity contribution in [3.63, 3.8) is 0 Å². The van der Waals surface area contributed by atoms with Gasteiger partial charge in [0, 0.05) is 31.5 Å². The maximum absolute atomic E-state index is 12.4. The molecule has 0 aromatic carbocycles. The number of rotatable bonds is 4. The maximum atomic E-state index is 12.4. The minimum Gasteiger partial charge on any atom is -0.482 e. The largest absolute Gasteiger partial charge is 0.482 e. The van der Waals surface area contributed by atoms with Gasteiger partial charge in [-0.3, -0.25) is 14.5 Å². The summed E-state index contributed by atoms with van der Waals surface area (Å²) in [6, 6.07) is 3.69. The zero-order chi connectivity index (χ0) is 14.7. The Hall–Kier alpha value is -2.37. The number of hydrogen-bond donors (Lipinski definition) is 0. The SMILES string of the molecule is Cn1cc(C2CCCN2C(=O)COc2cccnc2)cn1. The molecule has 6 nitrogen and oxygen atoms in total. The molecule has 1 unspecified atom stereocenters. The molecule has 110 valence electrons. The van der Waals surface area contributed by atoms with Crippen LogP contribution in [0.15, 0.2) is 36.9 Å². The van der Waals surface area contributed by atoms with Crippen LogP contribution in [0.3, 0.4) is 0 Å². The third-order valence-electron chi connectivity index (χ3n) is 3.68. The standard InChI is InChI=1S/C15H18N4O2/c1-18-10-12(8-17-18)14-5-3-7-19(14)15(20)11-21-13-4-2-6-16-9-13/h2,4,6,8-10,14H,3,5,7,11H2,1H3. The zero-order valence-electron chi connectivity index (χ0n) is 12.0. The van der Waals surface area contributed by atoms with E-state index in [1.165, 1.54) is 0 Å². The van der Waals surface area contributed by atoms with Crippen molar-refractivity contribution in [2.24, 2.45) is 7.05 Å². The Morgan fingerprint density at radius 1 is 1.48 bits per heavy atom. The average molecular weight is 286 g/mol. The lowest BCUT2D eigenvalue weighted by molar-refractivity contribution is -0.134. The van der Waals surface area contributed by atoms with Crippen LogP contribution in [0.25, 0.3) is 0 Å². The first-order valence-corrected chi connectivity index (χ1v) is 7.05. The number of carbonyl (C=O) groups is 1.